The Hall–Kier alpha value is -1.22. The number of alkyl halides is 1. The Balaban J connectivity index is 2.01. The zero-order valence-electron chi connectivity index (χ0n) is 11.2. The van der Waals surface area contributed by atoms with E-state index in [9.17, 15) is 4.79 Å². The molecule has 0 fully saturated rings. The third-order valence-corrected chi connectivity index (χ3v) is 4.09. The van der Waals surface area contributed by atoms with Crippen molar-refractivity contribution in [3.63, 3.8) is 0 Å². The van der Waals surface area contributed by atoms with Gasteiger partial charge >= 0.3 is 0 Å². The first-order valence-electron chi connectivity index (χ1n) is 6.44. The number of nitrogens with one attached hydrogen (secondary N) is 1. The summed E-state index contributed by atoms with van der Waals surface area (Å²) in [5.74, 6) is 0.208. The molecule has 2 aromatic rings. The maximum absolute atomic E-state index is 12.1. The molecule has 0 radical (unpaired) electrons. The zero-order valence-corrected chi connectivity index (χ0v) is 13.4. The number of benzene rings is 2. The van der Waals surface area contributed by atoms with E-state index < -0.39 is 0 Å². The average Bonchev–Trinajstić information content (AvgIpc) is 2.49. The second-order valence-electron chi connectivity index (χ2n) is 4.61. The van der Waals surface area contributed by atoms with Crippen molar-refractivity contribution in [2.45, 2.75) is 12.5 Å². The van der Waals surface area contributed by atoms with E-state index in [2.05, 4.69) is 5.32 Å². The maximum Gasteiger partial charge on any atom is 0.224 e. The average molecular weight is 343 g/mol. The third kappa shape index (κ3) is 4.63. The predicted molar refractivity (Wildman–Crippen MR) is 88.2 cm³/mol. The number of amides is 1. The van der Waals surface area contributed by atoms with E-state index in [1.807, 2.05) is 30.3 Å². The summed E-state index contributed by atoms with van der Waals surface area (Å²) in [4.78, 5) is 12.1. The minimum atomic E-state index is -0.205. The number of carbonyl (C=O) groups is 1. The fraction of sp³-hybridized carbons (Fsp3) is 0.188. The second kappa shape index (κ2) is 7.69. The first kappa shape index (κ1) is 16.2. The van der Waals surface area contributed by atoms with Crippen LogP contribution in [0.1, 0.15) is 17.2 Å². The van der Waals surface area contributed by atoms with Crippen molar-refractivity contribution >= 4 is 40.7 Å². The highest BCUT2D eigenvalue weighted by Crippen LogP contribution is 2.23. The third-order valence-electron chi connectivity index (χ3n) is 3.04. The normalized spacial score (nSPS) is 12.0. The van der Waals surface area contributed by atoms with Gasteiger partial charge in [-0.3, -0.25) is 4.79 Å². The quantitative estimate of drug-likeness (QED) is 0.788. The summed E-state index contributed by atoms with van der Waals surface area (Å²) in [6.45, 7) is 0. The van der Waals surface area contributed by atoms with Crippen molar-refractivity contribution in [2.24, 2.45) is 0 Å². The highest BCUT2D eigenvalue weighted by Gasteiger charge is 2.14. The molecule has 0 aliphatic rings. The first-order valence-corrected chi connectivity index (χ1v) is 7.73. The van der Waals surface area contributed by atoms with E-state index in [0.717, 1.165) is 11.1 Å². The number of rotatable bonds is 5. The molecule has 1 atom stereocenters. The molecule has 2 nitrogen and oxygen atoms in total. The van der Waals surface area contributed by atoms with Gasteiger partial charge in [-0.05, 0) is 23.3 Å². The smallest absolute Gasteiger partial charge is 0.224 e. The molecule has 0 aliphatic heterocycles. The lowest BCUT2D eigenvalue weighted by Gasteiger charge is -2.16. The van der Waals surface area contributed by atoms with Crippen molar-refractivity contribution in [1.29, 1.82) is 0 Å². The Kier molecular flexibility index (Phi) is 5.92. The van der Waals surface area contributed by atoms with Crippen LogP contribution >= 0.6 is 34.8 Å². The minimum absolute atomic E-state index is 0.108. The largest absolute Gasteiger partial charge is 0.348 e. The molecule has 1 unspecified atom stereocenters. The summed E-state index contributed by atoms with van der Waals surface area (Å²) < 4.78 is 0. The van der Waals surface area contributed by atoms with Crippen molar-refractivity contribution in [2.75, 3.05) is 5.88 Å². The fourth-order valence-electron chi connectivity index (χ4n) is 1.98. The van der Waals surface area contributed by atoms with Gasteiger partial charge in [0.15, 0.2) is 0 Å². The summed E-state index contributed by atoms with van der Waals surface area (Å²) in [5, 5.41) is 3.84. The van der Waals surface area contributed by atoms with Crippen LogP contribution < -0.4 is 5.32 Å². The monoisotopic (exact) mass is 341 g/mol. The Morgan fingerprint density at radius 1 is 1.05 bits per heavy atom. The van der Waals surface area contributed by atoms with Gasteiger partial charge < -0.3 is 5.32 Å². The van der Waals surface area contributed by atoms with Gasteiger partial charge in [0.25, 0.3) is 0 Å². The van der Waals surface area contributed by atoms with Gasteiger partial charge in [0.05, 0.1) is 22.5 Å². The van der Waals surface area contributed by atoms with Crippen LogP contribution in [0.25, 0.3) is 0 Å². The molecule has 5 heteroatoms. The predicted octanol–water partition coefficient (Wildman–Crippen LogP) is 4.63. The number of hydrogen-bond acceptors (Lipinski definition) is 1. The lowest BCUT2D eigenvalue weighted by molar-refractivity contribution is -0.121. The number of hydrogen-bond donors (Lipinski definition) is 1. The summed E-state index contributed by atoms with van der Waals surface area (Å²) in [7, 11) is 0. The zero-order chi connectivity index (χ0) is 15.2. The van der Waals surface area contributed by atoms with Crippen molar-refractivity contribution in [3.8, 4) is 0 Å². The standard InChI is InChI=1S/C16H14Cl3NO/c17-10-15(12-4-2-1-3-5-12)20-16(21)9-11-6-7-13(18)14(19)8-11/h1-8,15H,9-10H2,(H,20,21). The van der Waals surface area contributed by atoms with E-state index in [4.69, 9.17) is 34.8 Å². The van der Waals surface area contributed by atoms with Crippen LogP contribution in [0.15, 0.2) is 48.5 Å². The molecular formula is C16H14Cl3NO. The molecule has 1 amide bonds. The highest BCUT2D eigenvalue weighted by atomic mass is 35.5. The van der Waals surface area contributed by atoms with Gasteiger partial charge in [-0.15, -0.1) is 11.6 Å². The SMILES string of the molecule is O=C(Cc1ccc(Cl)c(Cl)c1)NC(CCl)c1ccccc1. The molecule has 0 aromatic heterocycles. The molecule has 21 heavy (non-hydrogen) atoms. The van der Waals surface area contributed by atoms with Crippen LogP contribution in [-0.2, 0) is 11.2 Å². The van der Waals surface area contributed by atoms with Crippen LogP contribution in [0.4, 0.5) is 0 Å². The Morgan fingerprint density at radius 2 is 1.76 bits per heavy atom. The van der Waals surface area contributed by atoms with Crippen molar-refractivity contribution in [1.82, 2.24) is 5.32 Å². The van der Waals surface area contributed by atoms with Crippen LogP contribution in [0.2, 0.25) is 10.0 Å². The van der Waals surface area contributed by atoms with Crippen LogP contribution in [0.5, 0.6) is 0 Å². The lowest BCUT2D eigenvalue weighted by atomic mass is 10.1. The second-order valence-corrected chi connectivity index (χ2v) is 5.73. The highest BCUT2D eigenvalue weighted by molar-refractivity contribution is 6.42. The van der Waals surface area contributed by atoms with Crippen LogP contribution in [-0.4, -0.2) is 11.8 Å². The minimum Gasteiger partial charge on any atom is -0.348 e. The summed E-state index contributed by atoms with van der Waals surface area (Å²) in [5.41, 5.74) is 1.79. The molecule has 1 N–H and O–H groups in total. The molecule has 0 saturated carbocycles. The van der Waals surface area contributed by atoms with Gasteiger partial charge in [0, 0.05) is 5.88 Å². The molecule has 110 valence electrons. The van der Waals surface area contributed by atoms with Gasteiger partial charge in [-0.25, -0.2) is 0 Å². The lowest BCUT2D eigenvalue weighted by Crippen LogP contribution is -2.30. The van der Waals surface area contributed by atoms with E-state index in [-0.39, 0.29) is 18.4 Å². The summed E-state index contributed by atoms with van der Waals surface area (Å²) in [6, 6.07) is 14.6. The van der Waals surface area contributed by atoms with Gasteiger partial charge in [-0.1, -0.05) is 59.6 Å². The summed E-state index contributed by atoms with van der Waals surface area (Å²) >= 11 is 17.7. The molecular weight excluding hydrogens is 329 g/mol. The topological polar surface area (TPSA) is 29.1 Å². The van der Waals surface area contributed by atoms with Gasteiger partial charge in [-0.2, -0.15) is 0 Å². The van der Waals surface area contributed by atoms with Crippen molar-refractivity contribution < 1.29 is 4.79 Å². The Bertz CT molecular complexity index is 616. The molecule has 0 bridgehead atoms. The molecule has 2 aromatic carbocycles. The van der Waals surface area contributed by atoms with Crippen LogP contribution in [0.3, 0.4) is 0 Å². The maximum atomic E-state index is 12.1. The van der Waals surface area contributed by atoms with Gasteiger partial charge in [0.1, 0.15) is 0 Å². The molecule has 0 spiro atoms. The molecule has 0 aliphatic carbocycles. The van der Waals surface area contributed by atoms with Gasteiger partial charge in [0.2, 0.25) is 5.91 Å². The summed E-state index contributed by atoms with van der Waals surface area (Å²) in [6.07, 6.45) is 0.233. The number of halogens is 3. The van der Waals surface area contributed by atoms with Crippen LogP contribution in [0, 0.1) is 0 Å². The number of carbonyl (C=O) groups excluding carboxylic acids is 1. The van der Waals surface area contributed by atoms with E-state index in [0.29, 0.717) is 15.9 Å². The molecule has 2 rings (SSSR count). The Labute approximate surface area is 139 Å². The fourth-order valence-corrected chi connectivity index (χ4v) is 2.55. The van der Waals surface area contributed by atoms with E-state index in [1.54, 1.807) is 18.2 Å². The Morgan fingerprint density at radius 3 is 2.38 bits per heavy atom. The van der Waals surface area contributed by atoms with E-state index in [1.165, 1.54) is 0 Å². The van der Waals surface area contributed by atoms with E-state index >= 15 is 0 Å². The first-order chi connectivity index (χ1) is 10.1. The molecule has 0 saturated heterocycles. The van der Waals surface area contributed by atoms with Crippen molar-refractivity contribution in [3.05, 3.63) is 69.7 Å². The molecule has 0 heterocycles.